The number of anilines is 3. The number of rotatable bonds is 2. The van der Waals surface area contributed by atoms with Gasteiger partial charge in [0.15, 0.2) is 5.82 Å². The first-order valence-electron chi connectivity index (χ1n) is 8.26. The van der Waals surface area contributed by atoms with Gasteiger partial charge in [0.1, 0.15) is 34.2 Å². The van der Waals surface area contributed by atoms with E-state index in [1.807, 2.05) is 0 Å². The molecule has 11 heteroatoms. The second-order valence-corrected chi connectivity index (χ2v) is 6.89. The molecule has 1 spiro atoms. The summed E-state index contributed by atoms with van der Waals surface area (Å²) in [6, 6.07) is 1.63. The molecule has 2 aliphatic heterocycles. The number of carbonyl (C=O) groups is 1. The molecule has 2 aromatic rings. The Kier molecular flexibility index (Phi) is 5.02. The van der Waals surface area contributed by atoms with Gasteiger partial charge in [-0.15, -0.1) is 12.4 Å². The Bertz CT molecular complexity index is 970. The predicted octanol–water partition coefficient (Wildman–Crippen LogP) is 1.13. The number of aryl methyl sites for hydroxylation is 1. The maximum atomic E-state index is 13.2. The first-order chi connectivity index (χ1) is 12.4. The lowest BCUT2D eigenvalue weighted by atomic mass is 9.98. The highest BCUT2D eigenvalue weighted by Crippen LogP contribution is 2.33. The number of piperidine rings is 1. The minimum Gasteiger partial charge on any atom is -0.382 e. The molecule has 0 bridgehead atoms. The highest BCUT2D eigenvalue weighted by atomic mass is 35.5. The SMILES string of the molecule is Cc1cc(Nc2ncnc(N)c2Cl)c(=O)n2c1C(=O)NC21CCNCC1.Cl. The van der Waals surface area contributed by atoms with Gasteiger partial charge >= 0.3 is 0 Å². The number of pyridine rings is 1. The number of aromatic nitrogens is 3. The first kappa shape index (κ1) is 19.4. The molecule has 0 radical (unpaired) electrons. The summed E-state index contributed by atoms with van der Waals surface area (Å²) in [6.07, 6.45) is 2.53. The van der Waals surface area contributed by atoms with E-state index in [-0.39, 0.29) is 46.2 Å². The van der Waals surface area contributed by atoms with Gasteiger partial charge in [0.05, 0.1) is 0 Å². The minimum absolute atomic E-state index is 0. The van der Waals surface area contributed by atoms with Crippen LogP contribution in [0.5, 0.6) is 0 Å². The molecule has 27 heavy (non-hydrogen) atoms. The number of nitrogen functional groups attached to an aromatic ring is 1. The van der Waals surface area contributed by atoms with E-state index in [2.05, 4.69) is 25.9 Å². The summed E-state index contributed by atoms with van der Waals surface area (Å²) in [5, 5.41) is 9.34. The molecule has 1 saturated heterocycles. The van der Waals surface area contributed by atoms with Crippen LogP contribution in [0.4, 0.5) is 17.3 Å². The van der Waals surface area contributed by atoms with Crippen molar-refractivity contribution in [3.63, 3.8) is 0 Å². The summed E-state index contributed by atoms with van der Waals surface area (Å²) in [6.45, 7) is 3.24. The highest BCUT2D eigenvalue weighted by molar-refractivity contribution is 6.35. The van der Waals surface area contributed by atoms with Gasteiger partial charge in [-0.2, -0.15) is 0 Å². The second kappa shape index (κ2) is 6.99. The Hall–Kier alpha value is -2.36. The monoisotopic (exact) mass is 411 g/mol. The van der Waals surface area contributed by atoms with Gasteiger partial charge in [-0.3, -0.25) is 14.2 Å². The van der Waals surface area contributed by atoms with E-state index in [9.17, 15) is 9.59 Å². The fourth-order valence-corrected chi connectivity index (χ4v) is 3.78. The molecule has 1 amide bonds. The van der Waals surface area contributed by atoms with Crippen LogP contribution in [-0.2, 0) is 5.66 Å². The molecule has 1 fully saturated rings. The van der Waals surface area contributed by atoms with Crippen LogP contribution in [0.2, 0.25) is 5.02 Å². The van der Waals surface area contributed by atoms with Gasteiger partial charge in [0.2, 0.25) is 0 Å². The van der Waals surface area contributed by atoms with Crippen molar-refractivity contribution in [2.75, 3.05) is 24.1 Å². The Morgan fingerprint density at radius 2 is 2.00 bits per heavy atom. The standard InChI is InChI=1S/C16H18ClN7O2.ClH/c1-8-6-9(22-13-10(17)12(18)20-7-21-13)15(26)24-11(8)14(25)23-16(24)2-4-19-5-3-16;/h6-7,19H,2-5H2,1H3,(H,23,25)(H3,18,20,21,22);1H. The fourth-order valence-electron chi connectivity index (χ4n) is 3.64. The largest absolute Gasteiger partial charge is 0.382 e. The van der Waals surface area contributed by atoms with Crippen LogP contribution < -0.4 is 27.2 Å². The van der Waals surface area contributed by atoms with Gasteiger partial charge in [-0.1, -0.05) is 11.6 Å². The number of hydrogen-bond donors (Lipinski definition) is 4. The Balaban J connectivity index is 0.00000210. The molecule has 0 saturated carbocycles. The zero-order chi connectivity index (χ0) is 18.5. The van der Waals surface area contributed by atoms with Crippen molar-refractivity contribution in [3.05, 3.63) is 39.0 Å². The average molecular weight is 412 g/mol. The molecular formula is C16H19Cl2N7O2. The van der Waals surface area contributed by atoms with Gasteiger partial charge in [-0.25, -0.2) is 9.97 Å². The maximum absolute atomic E-state index is 13.2. The van der Waals surface area contributed by atoms with Gasteiger partial charge in [0.25, 0.3) is 11.5 Å². The van der Waals surface area contributed by atoms with E-state index in [0.717, 1.165) is 13.1 Å². The van der Waals surface area contributed by atoms with Crippen molar-refractivity contribution >= 4 is 47.2 Å². The topological polar surface area (TPSA) is 127 Å². The number of nitrogens with one attached hydrogen (secondary N) is 3. The normalized spacial score (nSPS) is 17.2. The van der Waals surface area contributed by atoms with Crippen LogP contribution >= 0.6 is 24.0 Å². The Labute approximate surface area is 166 Å². The van der Waals surface area contributed by atoms with Crippen LogP contribution in [0.3, 0.4) is 0 Å². The third-order valence-electron chi connectivity index (χ3n) is 4.88. The summed E-state index contributed by atoms with van der Waals surface area (Å²) in [5.74, 6) is 0.138. The molecular weight excluding hydrogens is 393 g/mol. The number of halogens is 2. The van der Waals surface area contributed by atoms with E-state index in [1.165, 1.54) is 6.33 Å². The summed E-state index contributed by atoms with van der Waals surface area (Å²) >= 11 is 6.12. The van der Waals surface area contributed by atoms with Crippen LogP contribution in [0, 0.1) is 6.92 Å². The zero-order valence-corrected chi connectivity index (χ0v) is 16.1. The molecule has 2 aromatic heterocycles. The highest BCUT2D eigenvalue weighted by Gasteiger charge is 2.45. The molecule has 9 nitrogen and oxygen atoms in total. The van der Waals surface area contributed by atoms with Crippen molar-refractivity contribution in [2.45, 2.75) is 25.4 Å². The third kappa shape index (κ3) is 3.01. The maximum Gasteiger partial charge on any atom is 0.276 e. The van der Waals surface area contributed by atoms with E-state index < -0.39 is 5.66 Å². The summed E-state index contributed by atoms with van der Waals surface area (Å²) in [4.78, 5) is 33.6. The zero-order valence-electron chi connectivity index (χ0n) is 14.5. The molecule has 0 aliphatic carbocycles. The van der Waals surface area contributed by atoms with E-state index >= 15 is 0 Å². The number of fused-ring (bicyclic) bond motifs is 2. The van der Waals surface area contributed by atoms with E-state index in [1.54, 1.807) is 17.6 Å². The third-order valence-corrected chi connectivity index (χ3v) is 5.25. The van der Waals surface area contributed by atoms with Crippen molar-refractivity contribution in [2.24, 2.45) is 0 Å². The molecule has 4 heterocycles. The number of nitrogens with zero attached hydrogens (tertiary/aromatic N) is 3. The fraction of sp³-hybridized carbons (Fsp3) is 0.375. The molecule has 0 unspecified atom stereocenters. The molecule has 0 atom stereocenters. The molecule has 4 rings (SSSR count). The lowest BCUT2D eigenvalue weighted by molar-refractivity contribution is 0.0886. The van der Waals surface area contributed by atoms with E-state index in [4.69, 9.17) is 17.3 Å². The molecule has 0 aromatic carbocycles. The Morgan fingerprint density at radius 3 is 2.70 bits per heavy atom. The van der Waals surface area contributed by atoms with Crippen LogP contribution in [0.1, 0.15) is 28.9 Å². The number of nitrogens with two attached hydrogens (primary N) is 1. The predicted molar refractivity (Wildman–Crippen MR) is 105 cm³/mol. The first-order valence-corrected chi connectivity index (χ1v) is 8.64. The molecule has 5 N–H and O–H groups in total. The number of carbonyl (C=O) groups excluding carboxylic acids is 1. The molecule has 144 valence electrons. The van der Waals surface area contributed by atoms with Gasteiger partial charge in [-0.05, 0) is 31.6 Å². The summed E-state index contributed by atoms with van der Waals surface area (Å²) in [7, 11) is 0. The van der Waals surface area contributed by atoms with Crippen molar-refractivity contribution in [1.82, 2.24) is 25.2 Å². The van der Waals surface area contributed by atoms with Crippen molar-refractivity contribution < 1.29 is 4.79 Å². The summed E-state index contributed by atoms with van der Waals surface area (Å²) in [5.41, 5.74) is 6.06. The quantitative estimate of drug-likeness (QED) is 0.582. The minimum atomic E-state index is -0.703. The van der Waals surface area contributed by atoms with Crippen LogP contribution in [0.15, 0.2) is 17.2 Å². The van der Waals surface area contributed by atoms with Gasteiger partial charge in [0, 0.05) is 12.8 Å². The van der Waals surface area contributed by atoms with Crippen LogP contribution in [0.25, 0.3) is 0 Å². The smallest absolute Gasteiger partial charge is 0.276 e. The van der Waals surface area contributed by atoms with Crippen LogP contribution in [-0.4, -0.2) is 33.5 Å². The van der Waals surface area contributed by atoms with Gasteiger partial charge < -0.3 is 21.7 Å². The average Bonchev–Trinajstić information content (AvgIpc) is 2.89. The second-order valence-electron chi connectivity index (χ2n) is 6.51. The van der Waals surface area contributed by atoms with Crippen molar-refractivity contribution in [1.29, 1.82) is 0 Å². The number of amides is 1. The lowest BCUT2D eigenvalue weighted by Gasteiger charge is -2.35. The Morgan fingerprint density at radius 1 is 1.30 bits per heavy atom. The van der Waals surface area contributed by atoms with Crippen molar-refractivity contribution in [3.8, 4) is 0 Å². The lowest BCUT2D eigenvalue weighted by Crippen LogP contribution is -2.53. The summed E-state index contributed by atoms with van der Waals surface area (Å²) < 4.78 is 1.58. The van der Waals surface area contributed by atoms with E-state index in [0.29, 0.717) is 24.1 Å². The number of hydrogen-bond acceptors (Lipinski definition) is 7. The molecule has 2 aliphatic rings.